The van der Waals surface area contributed by atoms with Crippen molar-refractivity contribution in [3.05, 3.63) is 59.9 Å². The van der Waals surface area contributed by atoms with Gasteiger partial charge in [0.2, 0.25) is 10.0 Å². The van der Waals surface area contributed by atoms with Gasteiger partial charge in [0.05, 0.1) is 11.4 Å². The lowest BCUT2D eigenvalue weighted by molar-refractivity contribution is 0.223. The highest BCUT2D eigenvalue weighted by Gasteiger charge is 2.20. The maximum absolute atomic E-state index is 13.2. The lowest BCUT2D eigenvalue weighted by Gasteiger charge is -2.19. The maximum atomic E-state index is 13.2. The van der Waals surface area contributed by atoms with Gasteiger partial charge in [-0.2, -0.15) is 0 Å². The second-order valence-corrected chi connectivity index (χ2v) is 8.71. The molecule has 0 aliphatic heterocycles. The first-order valence-corrected chi connectivity index (χ1v) is 10.5. The number of aliphatic imine (C=N–C) groups is 1. The molecule has 30 heavy (non-hydrogen) atoms. The van der Waals surface area contributed by atoms with Gasteiger partial charge in [0, 0.05) is 33.8 Å². The van der Waals surface area contributed by atoms with Crippen LogP contribution in [-0.2, 0) is 16.6 Å². The number of nitrogens with one attached hydrogen (secondary N) is 2. The Balaban J connectivity index is 0.00000450. The van der Waals surface area contributed by atoms with Crippen molar-refractivity contribution in [2.24, 2.45) is 4.99 Å². The van der Waals surface area contributed by atoms with Gasteiger partial charge in [-0.1, -0.05) is 24.3 Å². The topological polar surface area (TPSA) is 83.0 Å². The first-order chi connectivity index (χ1) is 13.7. The maximum Gasteiger partial charge on any atom is 0.242 e. The van der Waals surface area contributed by atoms with E-state index in [1.54, 1.807) is 43.4 Å². The van der Waals surface area contributed by atoms with Gasteiger partial charge >= 0.3 is 0 Å². The van der Waals surface area contributed by atoms with Gasteiger partial charge < -0.3 is 15.4 Å². The van der Waals surface area contributed by atoms with E-state index >= 15 is 0 Å². The summed E-state index contributed by atoms with van der Waals surface area (Å²) in [5.74, 6) is 0.591. The SMILES string of the molecule is CN=C(NCc1ccccc1S(=O)(=O)N(C)C)NCC(C)Oc1cccc(F)c1.I. The fourth-order valence-electron chi connectivity index (χ4n) is 2.55. The zero-order valence-corrected chi connectivity index (χ0v) is 20.6. The minimum atomic E-state index is -3.54. The molecule has 0 saturated heterocycles. The summed E-state index contributed by atoms with van der Waals surface area (Å²) in [7, 11) is 1.08. The number of benzene rings is 2. The molecule has 10 heteroatoms. The van der Waals surface area contributed by atoms with Crippen LogP contribution in [0, 0.1) is 5.82 Å². The van der Waals surface area contributed by atoms with Crippen LogP contribution in [0.25, 0.3) is 0 Å². The highest BCUT2D eigenvalue weighted by atomic mass is 127. The molecule has 2 aromatic rings. The average molecular weight is 550 g/mol. The summed E-state index contributed by atoms with van der Waals surface area (Å²) in [6.45, 7) is 2.56. The second-order valence-electron chi connectivity index (χ2n) is 6.59. The number of hydrogen-bond donors (Lipinski definition) is 2. The highest BCUT2D eigenvalue weighted by Crippen LogP contribution is 2.18. The van der Waals surface area contributed by atoms with Gasteiger partial charge in [0.1, 0.15) is 17.7 Å². The van der Waals surface area contributed by atoms with Crippen molar-refractivity contribution >= 4 is 40.0 Å². The van der Waals surface area contributed by atoms with Crippen molar-refractivity contribution in [3.63, 3.8) is 0 Å². The fourth-order valence-corrected chi connectivity index (χ4v) is 3.67. The Kier molecular flexibility index (Phi) is 10.5. The van der Waals surface area contributed by atoms with Gasteiger partial charge in [0.25, 0.3) is 0 Å². The molecule has 0 amide bonds. The molecule has 2 aromatic carbocycles. The van der Waals surface area contributed by atoms with E-state index in [1.807, 2.05) is 6.92 Å². The third-order valence-corrected chi connectivity index (χ3v) is 6.01. The molecule has 166 valence electrons. The molecule has 0 fully saturated rings. The Hall–Kier alpha value is -1.92. The molecule has 1 atom stereocenters. The van der Waals surface area contributed by atoms with Crippen molar-refractivity contribution in [1.82, 2.24) is 14.9 Å². The number of ether oxygens (including phenoxy) is 1. The van der Waals surface area contributed by atoms with Crippen LogP contribution in [0.2, 0.25) is 0 Å². The molecule has 2 rings (SSSR count). The van der Waals surface area contributed by atoms with Gasteiger partial charge in [0.15, 0.2) is 5.96 Å². The van der Waals surface area contributed by atoms with Gasteiger partial charge in [-0.15, -0.1) is 24.0 Å². The van der Waals surface area contributed by atoms with Crippen LogP contribution in [0.1, 0.15) is 12.5 Å². The Morgan fingerprint density at radius 3 is 2.50 bits per heavy atom. The third kappa shape index (κ3) is 7.40. The Morgan fingerprint density at radius 2 is 1.87 bits per heavy atom. The van der Waals surface area contributed by atoms with Crippen LogP contribution in [0.3, 0.4) is 0 Å². The lowest BCUT2D eigenvalue weighted by Crippen LogP contribution is -2.41. The molecule has 2 N–H and O–H groups in total. The monoisotopic (exact) mass is 550 g/mol. The van der Waals surface area contributed by atoms with E-state index in [-0.39, 0.29) is 47.3 Å². The van der Waals surface area contributed by atoms with E-state index in [1.165, 1.54) is 30.5 Å². The molecule has 0 aromatic heterocycles. The normalized spacial score (nSPS) is 12.8. The van der Waals surface area contributed by atoms with Crippen LogP contribution in [0.4, 0.5) is 4.39 Å². The molecule has 0 saturated carbocycles. The quantitative estimate of drug-likeness (QED) is 0.300. The van der Waals surface area contributed by atoms with E-state index in [0.29, 0.717) is 23.8 Å². The summed E-state index contributed by atoms with van der Waals surface area (Å²) in [6, 6.07) is 12.8. The molecule has 0 radical (unpaired) electrons. The molecule has 0 spiro atoms. The van der Waals surface area contributed by atoms with Crippen LogP contribution in [0.5, 0.6) is 5.75 Å². The summed E-state index contributed by atoms with van der Waals surface area (Å²) in [5, 5.41) is 6.22. The molecule has 7 nitrogen and oxygen atoms in total. The fraction of sp³-hybridized carbons (Fsp3) is 0.350. The smallest absolute Gasteiger partial charge is 0.242 e. The molecular weight excluding hydrogens is 522 g/mol. The zero-order chi connectivity index (χ0) is 21.4. The first-order valence-electron chi connectivity index (χ1n) is 9.11. The van der Waals surface area contributed by atoms with Crippen LogP contribution >= 0.6 is 24.0 Å². The Labute approximate surface area is 194 Å². The summed E-state index contributed by atoms with van der Waals surface area (Å²) in [4.78, 5) is 4.39. The van der Waals surface area contributed by atoms with Crippen LogP contribution in [0.15, 0.2) is 58.4 Å². The van der Waals surface area contributed by atoms with Gasteiger partial charge in [-0.3, -0.25) is 4.99 Å². The van der Waals surface area contributed by atoms with Crippen molar-refractivity contribution in [1.29, 1.82) is 0 Å². The van der Waals surface area contributed by atoms with Crippen molar-refractivity contribution in [2.45, 2.75) is 24.5 Å². The highest BCUT2D eigenvalue weighted by molar-refractivity contribution is 14.0. The summed E-state index contributed by atoms with van der Waals surface area (Å²) < 4.78 is 45.1. The zero-order valence-electron chi connectivity index (χ0n) is 17.4. The molecule has 0 bridgehead atoms. The number of hydrogen-bond acceptors (Lipinski definition) is 4. The lowest BCUT2D eigenvalue weighted by atomic mass is 10.2. The number of sulfonamides is 1. The van der Waals surface area contributed by atoms with E-state index in [9.17, 15) is 12.8 Å². The van der Waals surface area contributed by atoms with Crippen LogP contribution in [-0.4, -0.2) is 52.5 Å². The van der Waals surface area contributed by atoms with Crippen LogP contribution < -0.4 is 15.4 Å². The van der Waals surface area contributed by atoms with E-state index in [2.05, 4.69) is 15.6 Å². The van der Waals surface area contributed by atoms with Crippen molar-refractivity contribution in [3.8, 4) is 5.75 Å². The molecule has 0 aliphatic carbocycles. The summed E-state index contributed by atoms with van der Waals surface area (Å²) in [6.07, 6.45) is -0.239. The van der Waals surface area contributed by atoms with E-state index in [4.69, 9.17) is 4.74 Å². The number of nitrogens with zero attached hydrogens (tertiary/aromatic N) is 2. The number of guanidine groups is 1. The largest absolute Gasteiger partial charge is 0.489 e. The van der Waals surface area contributed by atoms with E-state index < -0.39 is 10.0 Å². The third-order valence-electron chi connectivity index (χ3n) is 4.09. The molecule has 0 heterocycles. The minimum Gasteiger partial charge on any atom is -0.489 e. The van der Waals surface area contributed by atoms with Crippen molar-refractivity contribution in [2.75, 3.05) is 27.7 Å². The predicted molar refractivity (Wildman–Crippen MR) is 127 cm³/mol. The first kappa shape index (κ1) is 26.1. The predicted octanol–water partition coefficient (Wildman–Crippen LogP) is 2.83. The number of halogens is 2. The standard InChI is InChI=1S/C20H27FN4O3S.HI/c1-15(28-18-10-7-9-17(21)12-18)13-23-20(22-2)24-14-16-8-5-6-11-19(16)29(26,27)25(3)4;/h5-12,15H,13-14H2,1-4H3,(H2,22,23,24);1H. The summed E-state index contributed by atoms with van der Waals surface area (Å²) in [5.41, 5.74) is 0.633. The molecular formula is C20H28FIN4O3S. The summed E-state index contributed by atoms with van der Waals surface area (Å²) >= 11 is 0. The number of rotatable bonds is 8. The van der Waals surface area contributed by atoms with Gasteiger partial charge in [-0.25, -0.2) is 17.1 Å². The molecule has 0 aliphatic rings. The Bertz CT molecular complexity index is 955. The van der Waals surface area contributed by atoms with Gasteiger partial charge in [-0.05, 0) is 30.7 Å². The van der Waals surface area contributed by atoms with Crippen molar-refractivity contribution < 1.29 is 17.5 Å². The molecule has 1 unspecified atom stereocenters. The average Bonchev–Trinajstić information content (AvgIpc) is 2.68. The minimum absolute atomic E-state index is 0. The Morgan fingerprint density at radius 1 is 1.17 bits per heavy atom. The van der Waals surface area contributed by atoms with E-state index in [0.717, 1.165) is 0 Å². The second kappa shape index (κ2) is 12.1.